The predicted molar refractivity (Wildman–Crippen MR) is 74.8 cm³/mol. The van der Waals surface area contributed by atoms with Gasteiger partial charge in [0.25, 0.3) is 0 Å². The summed E-state index contributed by atoms with van der Waals surface area (Å²) in [5.74, 6) is 0. The Morgan fingerprint density at radius 1 is 1.32 bits per heavy atom. The van der Waals surface area contributed by atoms with Crippen molar-refractivity contribution in [2.24, 2.45) is 0 Å². The summed E-state index contributed by atoms with van der Waals surface area (Å²) in [6.45, 7) is 1.90. The van der Waals surface area contributed by atoms with E-state index in [1.165, 1.54) is 24.8 Å². The van der Waals surface area contributed by atoms with Gasteiger partial charge < -0.3 is 15.2 Å². The lowest BCUT2D eigenvalue weighted by Crippen LogP contribution is -2.50. The van der Waals surface area contributed by atoms with Crippen LogP contribution in [0.3, 0.4) is 0 Å². The van der Waals surface area contributed by atoms with Crippen LogP contribution in [0.5, 0.6) is 0 Å². The lowest BCUT2D eigenvalue weighted by molar-refractivity contribution is -0.135. The van der Waals surface area contributed by atoms with E-state index >= 15 is 0 Å². The van der Waals surface area contributed by atoms with E-state index in [1.807, 2.05) is 12.1 Å². The van der Waals surface area contributed by atoms with Gasteiger partial charge in [0.1, 0.15) is 0 Å². The number of ether oxygens (including phenoxy) is 1. The molecule has 1 aliphatic heterocycles. The maximum atomic E-state index is 9.15. The summed E-state index contributed by atoms with van der Waals surface area (Å²) in [4.78, 5) is 0. The van der Waals surface area contributed by atoms with Crippen LogP contribution in [0.4, 0.5) is 0 Å². The van der Waals surface area contributed by atoms with Crippen molar-refractivity contribution in [3.63, 3.8) is 0 Å². The fraction of sp³-hybridized carbons (Fsp3) is 0.625. The topological polar surface area (TPSA) is 41.5 Å². The third-order valence-electron chi connectivity index (χ3n) is 4.53. The Hall–Kier alpha value is -0.900. The number of nitrogens with one attached hydrogen (secondary N) is 1. The molecule has 1 aromatic carbocycles. The third-order valence-corrected chi connectivity index (χ3v) is 4.53. The summed E-state index contributed by atoms with van der Waals surface area (Å²) in [6, 6.07) is 8.74. The summed E-state index contributed by atoms with van der Waals surface area (Å²) in [5, 5.41) is 12.8. The van der Waals surface area contributed by atoms with Crippen LogP contribution < -0.4 is 5.32 Å². The highest BCUT2D eigenvalue weighted by Crippen LogP contribution is 2.42. The van der Waals surface area contributed by atoms with Gasteiger partial charge in [0.05, 0.1) is 12.2 Å². The fourth-order valence-corrected chi connectivity index (χ4v) is 3.22. The zero-order valence-electron chi connectivity index (χ0n) is 11.4. The molecular weight excluding hydrogens is 238 g/mol. The molecule has 2 fully saturated rings. The molecule has 1 saturated carbocycles. The normalized spacial score (nSPS) is 25.2. The lowest BCUT2D eigenvalue weighted by Gasteiger charge is -2.47. The number of hydrogen-bond acceptors (Lipinski definition) is 3. The smallest absolute Gasteiger partial charge is 0.0697 e. The Kier molecular flexibility index (Phi) is 3.87. The maximum Gasteiger partial charge on any atom is 0.0697 e. The number of benzene rings is 1. The molecule has 1 atom stereocenters. The van der Waals surface area contributed by atoms with Crippen molar-refractivity contribution in [3.8, 4) is 0 Å². The minimum absolute atomic E-state index is 0.119. The lowest BCUT2D eigenvalue weighted by atomic mass is 9.74. The van der Waals surface area contributed by atoms with E-state index in [0.29, 0.717) is 6.04 Å². The van der Waals surface area contributed by atoms with Crippen LogP contribution in [-0.4, -0.2) is 23.4 Å². The Bertz CT molecular complexity index is 429. The van der Waals surface area contributed by atoms with Crippen molar-refractivity contribution in [2.75, 3.05) is 6.61 Å². The maximum absolute atomic E-state index is 9.15. The largest absolute Gasteiger partial charge is 0.392 e. The van der Waals surface area contributed by atoms with E-state index in [-0.39, 0.29) is 12.2 Å². The van der Waals surface area contributed by atoms with E-state index in [1.54, 1.807) is 0 Å². The zero-order chi connectivity index (χ0) is 13.1. The summed E-state index contributed by atoms with van der Waals surface area (Å²) < 4.78 is 5.95. The zero-order valence-corrected chi connectivity index (χ0v) is 11.4. The van der Waals surface area contributed by atoms with Gasteiger partial charge in [-0.25, -0.2) is 0 Å². The highest BCUT2D eigenvalue weighted by Gasteiger charge is 2.42. The summed E-state index contributed by atoms with van der Waals surface area (Å²) >= 11 is 0. The van der Waals surface area contributed by atoms with Gasteiger partial charge in [-0.2, -0.15) is 0 Å². The summed E-state index contributed by atoms with van der Waals surface area (Å²) in [5.41, 5.74) is 2.45. The highest BCUT2D eigenvalue weighted by atomic mass is 16.5. The second kappa shape index (κ2) is 5.61. The van der Waals surface area contributed by atoms with Gasteiger partial charge in [-0.1, -0.05) is 24.3 Å². The van der Waals surface area contributed by atoms with Gasteiger partial charge >= 0.3 is 0 Å². The molecule has 1 aliphatic carbocycles. The average Bonchev–Trinajstić information content (AvgIpc) is 2.44. The molecule has 0 amide bonds. The molecule has 0 aromatic heterocycles. The van der Waals surface area contributed by atoms with Crippen LogP contribution in [-0.2, 0) is 17.9 Å². The standard InChI is InChI=1S/C16H23NO2/c18-12-14-4-1-3-13(9-14)11-17-15-5-8-19-16(10-15)6-2-7-16/h1,3-4,9,15,17-18H,2,5-8,10-12H2. The fourth-order valence-electron chi connectivity index (χ4n) is 3.22. The molecule has 0 radical (unpaired) electrons. The van der Waals surface area contributed by atoms with Gasteiger partial charge in [0.2, 0.25) is 0 Å². The van der Waals surface area contributed by atoms with Crippen molar-refractivity contribution in [1.82, 2.24) is 5.32 Å². The number of rotatable bonds is 4. The monoisotopic (exact) mass is 261 g/mol. The van der Waals surface area contributed by atoms with Crippen LogP contribution in [0.15, 0.2) is 24.3 Å². The first-order chi connectivity index (χ1) is 9.30. The molecule has 1 aromatic rings. The van der Waals surface area contributed by atoms with E-state index in [2.05, 4.69) is 17.4 Å². The number of aliphatic hydroxyl groups is 1. The quantitative estimate of drug-likeness (QED) is 0.874. The molecule has 19 heavy (non-hydrogen) atoms. The van der Waals surface area contributed by atoms with Crippen molar-refractivity contribution in [1.29, 1.82) is 0 Å². The Morgan fingerprint density at radius 2 is 2.16 bits per heavy atom. The van der Waals surface area contributed by atoms with E-state index < -0.39 is 0 Å². The van der Waals surface area contributed by atoms with Gasteiger partial charge in [-0.05, 0) is 43.2 Å². The van der Waals surface area contributed by atoms with Crippen molar-refractivity contribution < 1.29 is 9.84 Å². The minimum Gasteiger partial charge on any atom is -0.392 e. The van der Waals surface area contributed by atoms with Crippen LogP contribution in [0.2, 0.25) is 0 Å². The molecule has 1 spiro atoms. The number of aliphatic hydroxyl groups excluding tert-OH is 1. The van der Waals surface area contributed by atoms with Gasteiger partial charge in [-0.15, -0.1) is 0 Å². The van der Waals surface area contributed by atoms with Gasteiger partial charge in [-0.3, -0.25) is 0 Å². The summed E-state index contributed by atoms with van der Waals surface area (Å²) in [7, 11) is 0. The first-order valence-corrected chi connectivity index (χ1v) is 7.36. The SMILES string of the molecule is OCc1cccc(CNC2CCOC3(CCC3)C2)c1. The van der Waals surface area contributed by atoms with E-state index in [9.17, 15) is 0 Å². The van der Waals surface area contributed by atoms with Crippen molar-refractivity contribution >= 4 is 0 Å². The minimum atomic E-state index is 0.119. The molecule has 104 valence electrons. The molecule has 1 unspecified atom stereocenters. The predicted octanol–water partition coefficient (Wildman–Crippen LogP) is 2.37. The van der Waals surface area contributed by atoms with Crippen LogP contribution >= 0.6 is 0 Å². The Labute approximate surface area is 115 Å². The van der Waals surface area contributed by atoms with Gasteiger partial charge in [0.15, 0.2) is 0 Å². The van der Waals surface area contributed by atoms with Crippen molar-refractivity contribution in [3.05, 3.63) is 35.4 Å². The molecule has 1 saturated heterocycles. The van der Waals surface area contributed by atoms with Crippen molar-refractivity contribution in [2.45, 2.75) is 56.9 Å². The van der Waals surface area contributed by atoms with Crippen LogP contribution in [0.25, 0.3) is 0 Å². The Morgan fingerprint density at radius 3 is 2.89 bits per heavy atom. The molecule has 0 bridgehead atoms. The van der Waals surface area contributed by atoms with Crippen LogP contribution in [0.1, 0.15) is 43.2 Å². The van der Waals surface area contributed by atoms with Gasteiger partial charge in [0, 0.05) is 19.2 Å². The average molecular weight is 261 g/mol. The molecule has 3 rings (SSSR count). The molecular formula is C16H23NO2. The first kappa shape index (κ1) is 13.1. The van der Waals surface area contributed by atoms with E-state index in [0.717, 1.165) is 31.6 Å². The summed E-state index contributed by atoms with van der Waals surface area (Å²) in [6.07, 6.45) is 6.08. The van der Waals surface area contributed by atoms with Crippen LogP contribution in [0, 0.1) is 0 Å². The molecule has 3 heteroatoms. The number of hydrogen-bond donors (Lipinski definition) is 2. The molecule has 2 aliphatic rings. The first-order valence-electron chi connectivity index (χ1n) is 7.36. The Balaban J connectivity index is 1.53. The third kappa shape index (κ3) is 2.99. The van der Waals surface area contributed by atoms with E-state index in [4.69, 9.17) is 9.84 Å². The molecule has 2 N–H and O–H groups in total. The second-order valence-electron chi connectivity index (χ2n) is 5.93. The second-order valence-corrected chi connectivity index (χ2v) is 5.93. The molecule has 1 heterocycles. The highest BCUT2D eigenvalue weighted by molar-refractivity contribution is 5.22. The molecule has 3 nitrogen and oxygen atoms in total.